The molecule has 1 aliphatic rings. The van der Waals surface area contributed by atoms with Crippen LogP contribution in [0.1, 0.15) is 42.1 Å². The lowest BCUT2D eigenvalue weighted by molar-refractivity contribution is -0.384. The van der Waals surface area contributed by atoms with Crippen molar-refractivity contribution < 1.29 is 14.5 Å². The molecule has 1 atom stereocenters. The summed E-state index contributed by atoms with van der Waals surface area (Å²) in [6.45, 7) is 3.65. The summed E-state index contributed by atoms with van der Waals surface area (Å²) in [5.41, 5.74) is 2.50. The van der Waals surface area contributed by atoms with Gasteiger partial charge in [-0.15, -0.1) is 0 Å². The van der Waals surface area contributed by atoms with Crippen LogP contribution in [-0.2, 0) is 4.74 Å². The van der Waals surface area contributed by atoms with Crippen LogP contribution >= 0.6 is 0 Å². The van der Waals surface area contributed by atoms with Crippen molar-refractivity contribution in [3.63, 3.8) is 0 Å². The summed E-state index contributed by atoms with van der Waals surface area (Å²) in [5, 5.41) is 11.1. The lowest BCUT2D eigenvalue weighted by Crippen LogP contribution is -2.19. The van der Waals surface area contributed by atoms with Crippen LogP contribution in [0.5, 0.6) is 0 Å². The highest BCUT2D eigenvalue weighted by atomic mass is 16.6. The Bertz CT molecular complexity index is 919. The molecule has 1 aromatic heterocycles. The minimum absolute atomic E-state index is 0.00162. The first-order valence-corrected chi connectivity index (χ1v) is 8.07. The number of carbonyl (C=O) groups is 1. The molecule has 132 valence electrons. The number of rotatable bonds is 4. The van der Waals surface area contributed by atoms with E-state index in [2.05, 4.69) is 9.98 Å². The predicted octanol–water partition coefficient (Wildman–Crippen LogP) is 4.03. The zero-order valence-electron chi connectivity index (χ0n) is 14.4. The van der Waals surface area contributed by atoms with Crippen LogP contribution in [0, 0.1) is 10.1 Å². The number of hydrogen-bond acceptors (Lipinski definition) is 6. The van der Waals surface area contributed by atoms with Crippen LogP contribution < -0.4 is 0 Å². The van der Waals surface area contributed by atoms with E-state index in [9.17, 15) is 14.9 Å². The van der Waals surface area contributed by atoms with Gasteiger partial charge in [0.2, 0.25) is 0 Å². The molecular weight excluding hydrogens is 334 g/mol. The molecule has 0 fully saturated rings. The van der Waals surface area contributed by atoms with Crippen molar-refractivity contribution in [3.05, 3.63) is 81.5 Å². The van der Waals surface area contributed by atoms with Gasteiger partial charge in [0.1, 0.15) is 5.76 Å². The van der Waals surface area contributed by atoms with Crippen molar-refractivity contribution in [3.8, 4) is 0 Å². The Labute approximate surface area is 150 Å². The molecule has 0 amide bonds. The number of nitrogens with zero attached hydrogens (tertiary/aromatic N) is 3. The number of nitro benzene ring substituents is 1. The van der Waals surface area contributed by atoms with E-state index in [1.165, 1.54) is 18.3 Å². The zero-order chi connectivity index (χ0) is 18.7. The minimum atomic E-state index is -0.530. The van der Waals surface area contributed by atoms with Crippen LogP contribution in [-0.4, -0.2) is 21.6 Å². The van der Waals surface area contributed by atoms with E-state index in [-0.39, 0.29) is 11.6 Å². The first-order valence-electron chi connectivity index (χ1n) is 8.07. The molecule has 1 aliphatic heterocycles. The minimum Gasteiger partial charge on any atom is -0.425 e. The molecule has 0 aliphatic carbocycles. The van der Waals surface area contributed by atoms with E-state index < -0.39 is 10.9 Å². The number of benzene rings is 1. The smallest absolute Gasteiger partial charge is 0.344 e. The monoisotopic (exact) mass is 351 g/mol. The standard InChI is InChI=1S/C19H17N3O4/c1-12-9-17(14-5-3-7-16(10-14)22(24)25)18(13(2)21-12)26-19(23)15-6-4-8-20-11-15/h3-8,10-11,17H,9H2,1-2H3. The Morgan fingerprint density at radius 2 is 2.08 bits per heavy atom. The fourth-order valence-electron chi connectivity index (χ4n) is 2.94. The highest BCUT2D eigenvalue weighted by molar-refractivity contribution is 5.90. The lowest BCUT2D eigenvalue weighted by Gasteiger charge is -2.25. The Balaban J connectivity index is 1.96. The maximum atomic E-state index is 12.4. The quantitative estimate of drug-likeness (QED) is 0.471. The van der Waals surface area contributed by atoms with E-state index in [1.807, 2.05) is 6.92 Å². The molecule has 0 N–H and O–H groups in total. The summed E-state index contributed by atoms with van der Waals surface area (Å²) < 4.78 is 5.63. The molecule has 2 heterocycles. The first kappa shape index (κ1) is 17.5. The number of non-ortho nitro benzene ring substituents is 1. The molecule has 7 nitrogen and oxygen atoms in total. The van der Waals surface area contributed by atoms with Gasteiger partial charge >= 0.3 is 5.97 Å². The van der Waals surface area contributed by atoms with Crippen LogP contribution in [0.25, 0.3) is 0 Å². The average molecular weight is 351 g/mol. The van der Waals surface area contributed by atoms with Gasteiger partial charge in [0.25, 0.3) is 5.69 Å². The number of allylic oxidation sites excluding steroid dienone is 2. The number of nitro groups is 1. The summed E-state index contributed by atoms with van der Waals surface area (Å²) in [5.74, 6) is -0.435. The van der Waals surface area contributed by atoms with E-state index in [1.54, 1.807) is 37.4 Å². The van der Waals surface area contributed by atoms with Crippen molar-refractivity contribution >= 4 is 17.4 Å². The fraction of sp³-hybridized carbons (Fsp3) is 0.211. The predicted molar refractivity (Wildman–Crippen MR) is 95.9 cm³/mol. The third-order valence-electron chi connectivity index (χ3n) is 4.11. The molecule has 0 spiro atoms. The largest absolute Gasteiger partial charge is 0.425 e. The Hall–Kier alpha value is -3.35. The molecule has 0 saturated carbocycles. The van der Waals surface area contributed by atoms with Gasteiger partial charge in [-0.05, 0) is 38.0 Å². The maximum absolute atomic E-state index is 12.4. The van der Waals surface area contributed by atoms with Crippen LogP contribution in [0.15, 0.2) is 65.2 Å². The van der Waals surface area contributed by atoms with Gasteiger partial charge in [-0.25, -0.2) is 4.79 Å². The molecular formula is C19H17N3O4. The van der Waals surface area contributed by atoms with Crippen molar-refractivity contribution in [2.75, 3.05) is 0 Å². The van der Waals surface area contributed by atoms with E-state index in [0.29, 0.717) is 29.0 Å². The molecule has 0 saturated heterocycles. The van der Waals surface area contributed by atoms with Crippen LogP contribution in [0.4, 0.5) is 5.69 Å². The molecule has 0 bridgehead atoms. The second-order valence-electron chi connectivity index (χ2n) is 6.04. The number of ether oxygens (including phenoxy) is 1. The molecule has 0 radical (unpaired) electrons. The summed E-state index contributed by atoms with van der Waals surface area (Å²) in [6, 6.07) is 9.63. The SMILES string of the molecule is CC1=NC(C)=C(OC(=O)c2cccnc2)C(c2cccc([N+](=O)[O-])c2)C1. The van der Waals surface area contributed by atoms with Crippen molar-refractivity contribution in [1.29, 1.82) is 0 Å². The van der Waals surface area contributed by atoms with E-state index >= 15 is 0 Å². The van der Waals surface area contributed by atoms with Crippen LogP contribution in [0.3, 0.4) is 0 Å². The maximum Gasteiger partial charge on any atom is 0.344 e. The Morgan fingerprint density at radius 1 is 1.27 bits per heavy atom. The number of carbonyl (C=O) groups excluding carboxylic acids is 1. The topological polar surface area (TPSA) is 94.7 Å². The van der Waals surface area contributed by atoms with Gasteiger partial charge in [0.15, 0.2) is 0 Å². The number of hydrogen-bond donors (Lipinski definition) is 0. The van der Waals surface area contributed by atoms with Gasteiger partial charge in [-0.2, -0.15) is 0 Å². The summed E-state index contributed by atoms with van der Waals surface area (Å²) >= 11 is 0. The molecule has 26 heavy (non-hydrogen) atoms. The van der Waals surface area contributed by atoms with Crippen molar-refractivity contribution in [1.82, 2.24) is 4.98 Å². The van der Waals surface area contributed by atoms with E-state index in [4.69, 9.17) is 4.74 Å². The molecule has 1 unspecified atom stereocenters. The molecule has 3 rings (SSSR count). The lowest BCUT2D eigenvalue weighted by atomic mass is 9.89. The number of esters is 1. The van der Waals surface area contributed by atoms with Crippen molar-refractivity contribution in [2.45, 2.75) is 26.2 Å². The number of pyridine rings is 1. The molecule has 2 aromatic rings. The second-order valence-corrected chi connectivity index (χ2v) is 6.04. The molecule has 7 heteroatoms. The van der Waals surface area contributed by atoms with Gasteiger partial charge in [0, 0.05) is 36.2 Å². The number of aliphatic imine (C=N–C) groups is 1. The van der Waals surface area contributed by atoms with Crippen LogP contribution in [0.2, 0.25) is 0 Å². The Kier molecular flexibility index (Phi) is 4.88. The Morgan fingerprint density at radius 3 is 2.77 bits per heavy atom. The average Bonchev–Trinajstić information content (AvgIpc) is 2.64. The number of aromatic nitrogens is 1. The first-order chi connectivity index (χ1) is 12.5. The van der Waals surface area contributed by atoms with Crippen molar-refractivity contribution in [2.24, 2.45) is 4.99 Å². The molecule has 1 aromatic carbocycles. The third-order valence-corrected chi connectivity index (χ3v) is 4.11. The second kappa shape index (κ2) is 7.26. The zero-order valence-corrected chi connectivity index (χ0v) is 14.4. The normalized spacial score (nSPS) is 16.8. The van der Waals surface area contributed by atoms with Gasteiger partial charge in [-0.1, -0.05) is 12.1 Å². The van der Waals surface area contributed by atoms with Gasteiger partial charge in [-0.3, -0.25) is 20.1 Å². The highest BCUT2D eigenvalue weighted by Crippen LogP contribution is 2.36. The summed E-state index contributed by atoms with van der Waals surface area (Å²) in [7, 11) is 0. The highest BCUT2D eigenvalue weighted by Gasteiger charge is 2.28. The summed E-state index contributed by atoms with van der Waals surface area (Å²) in [4.78, 5) is 31.4. The third kappa shape index (κ3) is 3.66. The fourth-order valence-corrected chi connectivity index (χ4v) is 2.94. The summed E-state index contributed by atoms with van der Waals surface area (Å²) in [6.07, 6.45) is 3.52. The van der Waals surface area contributed by atoms with Gasteiger partial charge < -0.3 is 4.74 Å². The van der Waals surface area contributed by atoms with E-state index in [0.717, 1.165) is 5.71 Å². The van der Waals surface area contributed by atoms with Gasteiger partial charge in [0.05, 0.1) is 16.2 Å².